The Labute approximate surface area is 122 Å². The molecule has 1 unspecified atom stereocenters. The van der Waals surface area contributed by atoms with Crippen LogP contribution in [0.25, 0.3) is 0 Å². The first kappa shape index (κ1) is 16.6. The van der Waals surface area contributed by atoms with Gasteiger partial charge in [-0.05, 0) is 43.7 Å². The fourth-order valence-electron chi connectivity index (χ4n) is 2.38. The smallest absolute Gasteiger partial charge is 0.0937 e. The first-order chi connectivity index (χ1) is 9.04. The van der Waals surface area contributed by atoms with Crippen LogP contribution in [0.1, 0.15) is 45.0 Å². The van der Waals surface area contributed by atoms with Crippen molar-refractivity contribution >= 4 is 11.3 Å². The summed E-state index contributed by atoms with van der Waals surface area (Å²) < 4.78 is 0. The van der Waals surface area contributed by atoms with Crippen LogP contribution < -0.4 is 11.1 Å². The Kier molecular flexibility index (Phi) is 7.57. The summed E-state index contributed by atoms with van der Waals surface area (Å²) in [5, 5.41) is 6.77. The molecule has 1 atom stereocenters. The lowest BCUT2D eigenvalue weighted by atomic mass is 9.76. The van der Waals surface area contributed by atoms with E-state index in [1.54, 1.807) is 11.3 Å². The summed E-state index contributed by atoms with van der Waals surface area (Å²) in [6.45, 7) is 9.90. The molecule has 0 aliphatic rings. The molecule has 0 bridgehead atoms. The summed E-state index contributed by atoms with van der Waals surface area (Å²) in [5.74, 6) is 0.735. The van der Waals surface area contributed by atoms with E-state index < -0.39 is 0 Å². The van der Waals surface area contributed by atoms with Gasteiger partial charge >= 0.3 is 0 Å². The van der Waals surface area contributed by atoms with Crippen molar-refractivity contribution in [3.63, 3.8) is 0 Å². The molecule has 19 heavy (non-hydrogen) atoms. The number of thiazole rings is 1. The van der Waals surface area contributed by atoms with Crippen molar-refractivity contribution in [3.8, 4) is 0 Å². The van der Waals surface area contributed by atoms with Gasteiger partial charge in [0.15, 0.2) is 0 Å². The molecular weight excluding hydrogens is 254 g/mol. The van der Waals surface area contributed by atoms with Gasteiger partial charge in [0.2, 0.25) is 0 Å². The van der Waals surface area contributed by atoms with Crippen LogP contribution in [0, 0.1) is 11.3 Å². The van der Waals surface area contributed by atoms with Crippen LogP contribution in [0.15, 0.2) is 11.6 Å². The second kappa shape index (κ2) is 8.67. The van der Waals surface area contributed by atoms with Gasteiger partial charge in [-0.1, -0.05) is 20.8 Å². The van der Waals surface area contributed by atoms with Crippen LogP contribution in [0.4, 0.5) is 0 Å². The van der Waals surface area contributed by atoms with Gasteiger partial charge in [0.1, 0.15) is 0 Å². The summed E-state index contributed by atoms with van der Waals surface area (Å²) in [5.41, 5.74) is 6.09. The molecule has 3 N–H and O–H groups in total. The molecule has 0 saturated heterocycles. The van der Waals surface area contributed by atoms with Crippen molar-refractivity contribution in [2.75, 3.05) is 19.6 Å². The Hall–Kier alpha value is -0.450. The molecule has 0 spiro atoms. The fourth-order valence-corrected chi connectivity index (χ4v) is 3.00. The van der Waals surface area contributed by atoms with Crippen LogP contribution in [-0.4, -0.2) is 24.6 Å². The predicted octanol–water partition coefficient (Wildman–Crippen LogP) is 3.07. The number of hydrogen-bond acceptors (Lipinski definition) is 4. The summed E-state index contributed by atoms with van der Waals surface area (Å²) in [4.78, 5) is 4.28. The highest BCUT2D eigenvalue weighted by molar-refractivity contribution is 7.09. The first-order valence-electron chi connectivity index (χ1n) is 7.33. The molecule has 0 amide bonds. The topological polar surface area (TPSA) is 50.9 Å². The van der Waals surface area contributed by atoms with E-state index in [-0.39, 0.29) is 0 Å². The zero-order valence-electron chi connectivity index (χ0n) is 12.6. The van der Waals surface area contributed by atoms with Crippen molar-refractivity contribution in [1.29, 1.82) is 0 Å². The number of nitrogens with two attached hydrogens (primary N) is 1. The minimum absolute atomic E-state index is 0.375. The van der Waals surface area contributed by atoms with Crippen molar-refractivity contribution in [3.05, 3.63) is 16.6 Å². The van der Waals surface area contributed by atoms with Crippen LogP contribution in [0.3, 0.4) is 0 Å². The van der Waals surface area contributed by atoms with Crippen LogP contribution in [-0.2, 0) is 6.42 Å². The molecule has 0 aliphatic carbocycles. The Bertz CT molecular complexity index is 317. The highest BCUT2D eigenvalue weighted by Gasteiger charge is 2.22. The van der Waals surface area contributed by atoms with E-state index in [9.17, 15) is 0 Å². The average molecular weight is 283 g/mol. The lowest BCUT2D eigenvalue weighted by Gasteiger charge is -2.30. The standard InChI is InChI=1S/C15H29N3S/c1-15(2,3)13(6-8-16)5-4-9-17-10-7-14-18-11-12-19-14/h11-13,17H,4-10,16H2,1-3H3. The lowest BCUT2D eigenvalue weighted by Crippen LogP contribution is -2.25. The summed E-state index contributed by atoms with van der Waals surface area (Å²) in [6.07, 6.45) is 6.57. The van der Waals surface area contributed by atoms with E-state index in [1.165, 1.54) is 17.8 Å². The maximum Gasteiger partial charge on any atom is 0.0937 e. The second-order valence-electron chi connectivity index (χ2n) is 6.21. The molecule has 1 aromatic rings. The molecular formula is C15H29N3S. The van der Waals surface area contributed by atoms with Gasteiger partial charge < -0.3 is 11.1 Å². The summed E-state index contributed by atoms with van der Waals surface area (Å²) in [6, 6.07) is 0. The van der Waals surface area contributed by atoms with Crippen molar-refractivity contribution in [2.24, 2.45) is 17.1 Å². The van der Waals surface area contributed by atoms with E-state index in [2.05, 4.69) is 31.1 Å². The zero-order valence-corrected chi connectivity index (χ0v) is 13.4. The number of rotatable bonds is 9. The zero-order chi connectivity index (χ0) is 14.1. The SMILES string of the molecule is CC(C)(C)C(CCN)CCCNCCc1nccs1. The highest BCUT2D eigenvalue weighted by atomic mass is 32.1. The third-order valence-electron chi connectivity index (χ3n) is 3.65. The van der Waals surface area contributed by atoms with Gasteiger partial charge in [-0.2, -0.15) is 0 Å². The largest absolute Gasteiger partial charge is 0.330 e. The van der Waals surface area contributed by atoms with Crippen molar-refractivity contribution < 1.29 is 0 Å². The Morgan fingerprint density at radius 2 is 2.11 bits per heavy atom. The van der Waals surface area contributed by atoms with Gasteiger partial charge in [-0.25, -0.2) is 4.98 Å². The maximum atomic E-state index is 5.71. The molecule has 1 rings (SSSR count). The molecule has 0 fully saturated rings. The third kappa shape index (κ3) is 7.04. The molecule has 1 aromatic heterocycles. The Balaban J connectivity index is 2.08. The Morgan fingerprint density at radius 1 is 1.32 bits per heavy atom. The predicted molar refractivity (Wildman–Crippen MR) is 84.5 cm³/mol. The average Bonchev–Trinajstić information content (AvgIpc) is 2.83. The minimum atomic E-state index is 0.375. The van der Waals surface area contributed by atoms with Crippen LogP contribution >= 0.6 is 11.3 Å². The monoisotopic (exact) mass is 283 g/mol. The fraction of sp³-hybridized carbons (Fsp3) is 0.800. The summed E-state index contributed by atoms with van der Waals surface area (Å²) >= 11 is 1.74. The summed E-state index contributed by atoms with van der Waals surface area (Å²) in [7, 11) is 0. The van der Waals surface area contributed by atoms with E-state index in [0.29, 0.717) is 5.41 Å². The van der Waals surface area contributed by atoms with Gasteiger partial charge in [-0.15, -0.1) is 11.3 Å². The number of nitrogens with one attached hydrogen (secondary N) is 1. The quantitative estimate of drug-likeness (QED) is 0.685. The minimum Gasteiger partial charge on any atom is -0.330 e. The molecule has 4 heteroatoms. The second-order valence-corrected chi connectivity index (χ2v) is 7.19. The molecule has 3 nitrogen and oxygen atoms in total. The van der Waals surface area contributed by atoms with Gasteiger partial charge in [-0.3, -0.25) is 0 Å². The highest BCUT2D eigenvalue weighted by Crippen LogP contribution is 2.31. The van der Waals surface area contributed by atoms with Gasteiger partial charge in [0, 0.05) is 24.5 Å². The van der Waals surface area contributed by atoms with Crippen LogP contribution in [0.2, 0.25) is 0 Å². The van der Waals surface area contributed by atoms with Gasteiger partial charge in [0.25, 0.3) is 0 Å². The van der Waals surface area contributed by atoms with E-state index in [1.807, 2.05) is 11.6 Å². The van der Waals surface area contributed by atoms with Gasteiger partial charge in [0.05, 0.1) is 5.01 Å². The van der Waals surface area contributed by atoms with Crippen molar-refractivity contribution in [2.45, 2.75) is 46.5 Å². The molecule has 110 valence electrons. The van der Waals surface area contributed by atoms with Crippen molar-refractivity contribution in [1.82, 2.24) is 10.3 Å². The number of hydrogen-bond donors (Lipinski definition) is 2. The molecule has 0 aliphatic heterocycles. The normalized spacial score (nSPS) is 13.7. The molecule has 0 radical (unpaired) electrons. The van der Waals surface area contributed by atoms with E-state index in [0.717, 1.165) is 38.4 Å². The number of aromatic nitrogens is 1. The maximum absolute atomic E-state index is 5.71. The lowest BCUT2D eigenvalue weighted by molar-refractivity contribution is 0.210. The Morgan fingerprint density at radius 3 is 2.68 bits per heavy atom. The first-order valence-corrected chi connectivity index (χ1v) is 8.21. The molecule has 1 heterocycles. The van der Waals surface area contributed by atoms with E-state index >= 15 is 0 Å². The third-order valence-corrected chi connectivity index (χ3v) is 4.48. The van der Waals surface area contributed by atoms with E-state index in [4.69, 9.17) is 5.73 Å². The van der Waals surface area contributed by atoms with Crippen LogP contribution in [0.5, 0.6) is 0 Å². The molecule has 0 saturated carbocycles. The number of nitrogens with zero attached hydrogens (tertiary/aromatic N) is 1. The molecule has 0 aromatic carbocycles.